The molecule has 2 fully saturated rings. The van der Waals surface area contributed by atoms with Gasteiger partial charge in [0, 0.05) is 19.5 Å². The highest BCUT2D eigenvalue weighted by molar-refractivity contribution is 6.01. The number of piperidine rings is 1. The average molecular weight is 360 g/mol. The van der Waals surface area contributed by atoms with Crippen LogP contribution in [0.25, 0.3) is 0 Å². The minimum atomic E-state index is -0.971. The third-order valence-electron chi connectivity index (χ3n) is 5.00. The number of anilines is 1. The van der Waals surface area contributed by atoms with Gasteiger partial charge in [-0.1, -0.05) is 12.1 Å². The standard InChI is InChI=1S/C19H24N2O5/c1-2-26-16-9-4-3-7-14(16)21-12-13(11-17(21)22)18(23)20-10-6-5-8-15(20)19(24)25/h3-4,7,9,13,15H,2,5-6,8,10-12H2,1H3,(H,24,25)/t13?,15-/m1/s1. The lowest BCUT2D eigenvalue weighted by molar-refractivity contribution is -0.153. The van der Waals surface area contributed by atoms with E-state index < -0.39 is 17.9 Å². The monoisotopic (exact) mass is 360 g/mol. The molecule has 7 nitrogen and oxygen atoms in total. The normalized spacial score (nSPS) is 23.2. The number of ether oxygens (including phenoxy) is 1. The summed E-state index contributed by atoms with van der Waals surface area (Å²) in [7, 11) is 0. The van der Waals surface area contributed by atoms with Gasteiger partial charge in [-0.15, -0.1) is 0 Å². The minimum absolute atomic E-state index is 0.0993. The molecule has 2 atom stereocenters. The van der Waals surface area contributed by atoms with E-state index in [9.17, 15) is 19.5 Å². The van der Waals surface area contributed by atoms with Crippen LogP contribution in [-0.2, 0) is 14.4 Å². The molecule has 0 saturated carbocycles. The van der Waals surface area contributed by atoms with Gasteiger partial charge in [0.1, 0.15) is 11.8 Å². The molecule has 0 bridgehead atoms. The zero-order valence-electron chi connectivity index (χ0n) is 14.9. The molecule has 1 unspecified atom stereocenters. The van der Waals surface area contributed by atoms with E-state index in [1.165, 1.54) is 4.90 Å². The molecule has 2 amide bonds. The van der Waals surface area contributed by atoms with Crippen molar-refractivity contribution in [2.24, 2.45) is 5.92 Å². The number of carbonyl (C=O) groups excluding carboxylic acids is 2. The Hall–Kier alpha value is -2.57. The second-order valence-corrected chi connectivity index (χ2v) is 6.69. The van der Waals surface area contributed by atoms with Gasteiger partial charge >= 0.3 is 5.97 Å². The van der Waals surface area contributed by atoms with E-state index in [0.717, 1.165) is 12.8 Å². The number of rotatable bonds is 5. The fourth-order valence-electron chi connectivity index (χ4n) is 3.75. The van der Waals surface area contributed by atoms with Crippen LogP contribution in [0.3, 0.4) is 0 Å². The number of likely N-dealkylation sites (tertiary alicyclic amines) is 1. The molecule has 2 saturated heterocycles. The van der Waals surface area contributed by atoms with E-state index in [0.29, 0.717) is 31.0 Å². The number of carbonyl (C=O) groups is 3. The number of hydrogen-bond donors (Lipinski definition) is 1. The Kier molecular flexibility index (Phi) is 5.44. The highest BCUT2D eigenvalue weighted by Gasteiger charge is 2.41. The topological polar surface area (TPSA) is 87.2 Å². The summed E-state index contributed by atoms with van der Waals surface area (Å²) in [6, 6.07) is 6.48. The first-order chi connectivity index (χ1) is 12.5. The summed E-state index contributed by atoms with van der Waals surface area (Å²) >= 11 is 0. The first kappa shape index (κ1) is 18.2. The molecule has 3 rings (SSSR count). The van der Waals surface area contributed by atoms with Gasteiger partial charge < -0.3 is 19.6 Å². The van der Waals surface area contributed by atoms with E-state index >= 15 is 0 Å². The molecule has 1 aromatic rings. The number of aliphatic carboxylic acids is 1. The van der Waals surface area contributed by atoms with Gasteiger partial charge in [0.25, 0.3) is 0 Å². The van der Waals surface area contributed by atoms with E-state index in [2.05, 4.69) is 0 Å². The molecule has 0 aliphatic carbocycles. The summed E-state index contributed by atoms with van der Waals surface area (Å²) in [6.45, 7) is 3.05. The van der Waals surface area contributed by atoms with Crippen molar-refractivity contribution < 1.29 is 24.2 Å². The first-order valence-corrected chi connectivity index (χ1v) is 9.08. The average Bonchev–Trinajstić information content (AvgIpc) is 3.03. The van der Waals surface area contributed by atoms with Crippen LogP contribution in [0.4, 0.5) is 5.69 Å². The number of hydrogen-bond acceptors (Lipinski definition) is 4. The number of carboxylic acids is 1. The first-order valence-electron chi connectivity index (χ1n) is 9.08. The Labute approximate surface area is 152 Å². The van der Waals surface area contributed by atoms with Crippen LogP contribution < -0.4 is 9.64 Å². The maximum Gasteiger partial charge on any atom is 0.326 e. The molecule has 1 N–H and O–H groups in total. The van der Waals surface area contributed by atoms with Crippen molar-refractivity contribution >= 4 is 23.5 Å². The van der Waals surface area contributed by atoms with E-state index in [1.807, 2.05) is 19.1 Å². The Morgan fingerprint density at radius 2 is 2.04 bits per heavy atom. The highest BCUT2D eigenvalue weighted by atomic mass is 16.5. The van der Waals surface area contributed by atoms with Crippen molar-refractivity contribution in [1.82, 2.24) is 4.90 Å². The molecule has 2 aliphatic rings. The largest absolute Gasteiger partial charge is 0.492 e. The van der Waals surface area contributed by atoms with Crippen LogP contribution in [-0.4, -0.2) is 53.5 Å². The Morgan fingerprint density at radius 1 is 1.27 bits per heavy atom. The van der Waals surface area contributed by atoms with E-state index in [4.69, 9.17) is 4.74 Å². The van der Waals surface area contributed by atoms with Crippen LogP contribution in [0.1, 0.15) is 32.6 Å². The predicted octanol–water partition coefficient (Wildman–Crippen LogP) is 1.90. The summed E-state index contributed by atoms with van der Waals surface area (Å²) in [5.74, 6) is -1.25. The Bertz CT molecular complexity index is 705. The Morgan fingerprint density at radius 3 is 2.77 bits per heavy atom. The van der Waals surface area contributed by atoms with Crippen molar-refractivity contribution in [3.05, 3.63) is 24.3 Å². The zero-order chi connectivity index (χ0) is 18.7. The molecular weight excluding hydrogens is 336 g/mol. The van der Waals surface area contributed by atoms with Gasteiger partial charge in [0.2, 0.25) is 11.8 Å². The summed E-state index contributed by atoms with van der Waals surface area (Å²) in [6.07, 6.45) is 2.17. The van der Waals surface area contributed by atoms with Gasteiger partial charge in [0.05, 0.1) is 18.2 Å². The summed E-state index contributed by atoms with van der Waals surface area (Å²) in [4.78, 5) is 39.9. The molecular formula is C19H24N2O5. The second-order valence-electron chi connectivity index (χ2n) is 6.69. The number of benzene rings is 1. The van der Waals surface area contributed by atoms with Crippen molar-refractivity contribution in [3.8, 4) is 5.75 Å². The maximum absolute atomic E-state index is 12.9. The lowest BCUT2D eigenvalue weighted by Crippen LogP contribution is -2.50. The number of nitrogens with zero attached hydrogens (tertiary/aromatic N) is 2. The third kappa shape index (κ3) is 3.52. The lowest BCUT2D eigenvalue weighted by Gasteiger charge is -2.34. The molecule has 2 aliphatic heterocycles. The molecule has 1 aromatic carbocycles. The maximum atomic E-state index is 12.9. The summed E-state index contributed by atoms with van der Waals surface area (Å²) in [5, 5.41) is 9.39. The summed E-state index contributed by atoms with van der Waals surface area (Å²) < 4.78 is 5.59. The Balaban J connectivity index is 1.77. The quantitative estimate of drug-likeness (QED) is 0.867. The molecule has 7 heteroatoms. The zero-order valence-corrected chi connectivity index (χ0v) is 14.9. The molecule has 0 radical (unpaired) electrons. The highest BCUT2D eigenvalue weighted by Crippen LogP contribution is 2.34. The number of amides is 2. The molecule has 2 heterocycles. The third-order valence-corrected chi connectivity index (χ3v) is 5.00. The van der Waals surface area contributed by atoms with E-state index in [-0.39, 0.29) is 24.8 Å². The number of para-hydroxylation sites is 2. The van der Waals surface area contributed by atoms with Crippen LogP contribution >= 0.6 is 0 Å². The fraction of sp³-hybridized carbons (Fsp3) is 0.526. The molecule has 140 valence electrons. The summed E-state index contributed by atoms with van der Waals surface area (Å²) in [5.41, 5.74) is 0.656. The van der Waals surface area contributed by atoms with Gasteiger partial charge in [-0.25, -0.2) is 4.79 Å². The van der Waals surface area contributed by atoms with Crippen molar-refractivity contribution in [3.63, 3.8) is 0 Å². The van der Waals surface area contributed by atoms with Crippen molar-refractivity contribution in [1.29, 1.82) is 0 Å². The van der Waals surface area contributed by atoms with Crippen molar-refractivity contribution in [2.75, 3.05) is 24.6 Å². The molecule has 26 heavy (non-hydrogen) atoms. The van der Waals surface area contributed by atoms with Crippen LogP contribution in [0, 0.1) is 5.92 Å². The van der Waals surface area contributed by atoms with Gasteiger partial charge in [-0.2, -0.15) is 0 Å². The molecule has 0 spiro atoms. The predicted molar refractivity (Wildman–Crippen MR) is 95.1 cm³/mol. The van der Waals surface area contributed by atoms with Gasteiger partial charge in [-0.3, -0.25) is 9.59 Å². The second kappa shape index (κ2) is 7.76. The number of carboxylic acid groups (broad SMARTS) is 1. The minimum Gasteiger partial charge on any atom is -0.492 e. The SMILES string of the molecule is CCOc1ccccc1N1CC(C(=O)N2CCCC[C@@H]2C(=O)O)CC1=O. The van der Waals surface area contributed by atoms with Crippen molar-refractivity contribution in [2.45, 2.75) is 38.6 Å². The van der Waals surface area contributed by atoms with E-state index in [1.54, 1.807) is 17.0 Å². The van der Waals surface area contributed by atoms with Crippen LogP contribution in [0.5, 0.6) is 5.75 Å². The smallest absolute Gasteiger partial charge is 0.326 e. The van der Waals surface area contributed by atoms with Gasteiger partial charge in [-0.05, 0) is 38.3 Å². The fourth-order valence-corrected chi connectivity index (χ4v) is 3.75. The van der Waals surface area contributed by atoms with Crippen LogP contribution in [0.15, 0.2) is 24.3 Å². The lowest BCUT2D eigenvalue weighted by atomic mass is 9.98. The van der Waals surface area contributed by atoms with Crippen LogP contribution in [0.2, 0.25) is 0 Å². The molecule has 0 aromatic heterocycles. The van der Waals surface area contributed by atoms with Gasteiger partial charge in [0.15, 0.2) is 0 Å².